The third kappa shape index (κ3) is 3.47. The minimum Gasteiger partial charge on any atom is -0.399 e. The molecule has 2 rings (SSSR count). The minimum absolute atomic E-state index is 0.399. The zero-order valence-corrected chi connectivity index (χ0v) is 11.4. The van der Waals surface area contributed by atoms with Crippen LogP contribution in [0.3, 0.4) is 0 Å². The van der Waals surface area contributed by atoms with Crippen molar-refractivity contribution in [1.29, 1.82) is 0 Å². The Labute approximate surface area is 110 Å². The Balaban J connectivity index is 1.91. The Morgan fingerprint density at radius 1 is 1.33 bits per heavy atom. The van der Waals surface area contributed by atoms with E-state index in [1.807, 2.05) is 12.1 Å². The number of nitrogens with zero attached hydrogens (tertiary/aromatic N) is 1. The number of hydrogen-bond acceptors (Lipinski definition) is 3. The van der Waals surface area contributed by atoms with Gasteiger partial charge in [0.1, 0.15) is 0 Å². The quantitative estimate of drug-likeness (QED) is 0.833. The van der Waals surface area contributed by atoms with Crippen LogP contribution in [-0.4, -0.2) is 31.2 Å². The van der Waals surface area contributed by atoms with Gasteiger partial charge in [-0.05, 0) is 50.9 Å². The average Bonchev–Trinajstić information content (AvgIpc) is 2.40. The molecule has 3 nitrogen and oxygen atoms in total. The summed E-state index contributed by atoms with van der Waals surface area (Å²) in [6, 6.07) is 8.56. The zero-order valence-electron chi connectivity index (χ0n) is 11.4. The lowest BCUT2D eigenvalue weighted by molar-refractivity contribution is -0.00715. The van der Waals surface area contributed by atoms with Crippen molar-refractivity contribution in [3.8, 4) is 0 Å². The summed E-state index contributed by atoms with van der Waals surface area (Å²) in [5.41, 5.74) is 7.85. The first-order valence-corrected chi connectivity index (χ1v) is 6.84. The van der Waals surface area contributed by atoms with Gasteiger partial charge in [-0.15, -0.1) is 0 Å². The fourth-order valence-corrected chi connectivity index (χ4v) is 2.46. The maximum atomic E-state index is 5.79. The SMILES string of the molecule is CC(c1ccc(N)cc1)N(C)CC1CCCCO1. The van der Waals surface area contributed by atoms with E-state index in [0.717, 1.165) is 18.8 Å². The second-order valence-corrected chi connectivity index (χ2v) is 5.27. The molecule has 18 heavy (non-hydrogen) atoms. The van der Waals surface area contributed by atoms with Crippen LogP contribution in [-0.2, 0) is 4.74 Å². The lowest BCUT2D eigenvalue weighted by Gasteiger charge is -2.31. The first-order chi connectivity index (χ1) is 8.66. The molecule has 1 aromatic rings. The summed E-state index contributed by atoms with van der Waals surface area (Å²) in [6.45, 7) is 4.16. The summed E-state index contributed by atoms with van der Waals surface area (Å²) in [6.07, 6.45) is 4.11. The molecule has 2 N–H and O–H groups in total. The van der Waals surface area contributed by atoms with Crippen LogP contribution in [0.1, 0.15) is 37.8 Å². The highest BCUT2D eigenvalue weighted by atomic mass is 16.5. The predicted molar refractivity (Wildman–Crippen MR) is 75.5 cm³/mol. The number of rotatable bonds is 4. The number of nitrogen functional groups attached to an aromatic ring is 1. The molecular formula is C15H24N2O. The molecule has 1 heterocycles. The molecule has 2 atom stereocenters. The Hall–Kier alpha value is -1.06. The van der Waals surface area contributed by atoms with Crippen molar-refractivity contribution in [3.63, 3.8) is 0 Å². The minimum atomic E-state index is 0.399. The first kappa shape index (κ1) is 13.4. The number of likely N-dealkylation sites (N-methyl/N-ethyl adjacent to an activating group) is 1. The molecule has 0 saturated carbocycles. The van der Waals surface area contributed by atoms with E-state index in [0.29, 0.717) is 12.1 Å². The molecule has 1 saturated heterocycles. The van der Waals surface area contributed by atoms with Crippen molar-refractivity contribution in [1.82, 2.24) is 4.90 Å². The highest BCUT2D eigenvalue weighted by molar-refractivity contribution is 5.40. The molecule has 0 aromatic heterocycles. The number of ether oxygens (including phenoxy) is 1. The van der Waals surface area contributed by atoms with E-state index >= 15 is 0 Å². The van der Waals surface area contributed by atoms with E-state index in [2.05, 4.69) is 31.0 Å². The normalized spacial score (nSPS) is 22.1. The van der Waals surface area contributed by atoms with Crippen LogP contribution in [0.5, 0.6) is 0 Å². The molecule has 1 aliphatic heterocycles. The molecule has 3 heteroatoms. The van der Waals surface area contributed by atoms with Gasteiger partial charge in [0.05, 0.1) is 6.10 Å². The third-order valence-electron chi connectivity index (χ3n) is 3.85. The number of nitrogens with two attached hydrogens (primary N) is 1. The second-order valence-electron chi connectivity index (χ2n) is 5.27. The van der Waals surface area contributed by atoms with Gasteiger partial charge in [0.25, 0.3) is 0 Å². The van der Waals surface area contributed by atoms with Crippen molar-refractivity contribution >= 4 is 5.69 Å². The third-order valence-corrected chi connectivity index (χ3v) is 3.85. The van der Waals surface area contributed by atoms with Crippen molar-refractivity contribution in [2.75, 3.05) is 25.9 Å². The number of benzene rings is 1. The average molecular weight is 248 g/mol. The van der Waals surface area contributed by atoms with Gasteiger partial charge in [0.15, 0.2) is 0 Å². The van der Waals surface area contributed by atoms with Gasteiger partial charge in [0, 0.05) is 24.9 Å². The van der Waals surface area contributed by atoms with Crippen LogP contribution < -0.4 is 5.73 Å². The molecule has 2 unspecified atom stereocenters. The van der Waals surface area contributed by atoms with Crippen molar-refractivity contribution in [2.24, 2.45) is 0 Å². The van der Waals surface area contributed by atoms with E-state index in [1.54, 1.807) is 0 Å². The highest BCUT2D eigenvalue weighted by Crippen LogP contribution is 2.22. The van der Waals surface area contributed by atoms with Gasteiger partial charge in [-0.1, -0.05) is 12.1 Å². The fraction of sp³-hybridized carbons (Fsp3) is 0.600. The van der Waals surface area contributed by atoms with Crippen LogP contribution in [0.2, 0.25) is 0 Å². The fourth-order valence-electron chi connectivity index (χ4n) is 2.46. The Morgan fingerprint density at radius 3 is 2.67 bits per heavy atom. The monoisotopic (exact) mass is 248 g/mol. The van der Waals surface area contributed by atoms with Crippen LogP contribution >= 0.6 is 0 Å². The summed E-state index contributed by atoms with van der Waals surface area (Å²) in [5, 5.41) is 0. The van der Waals surface area contributed by atoms with Crippen LogP contribution in [0, 0.1) is 0 Å². The molecule has 0 bridgehead atoms. The summed E-state index contributed by atoms with van der Waals surface area (Å²) in [7, 11) is 2.17. The molecular weight excluding hydrogens is 224 g/mol. The number of anilines is 1. The summed E-state index contributed by atoms with van der Waals surface area (Å²) in [4.78, 5) is 2.36. The number of hydrogen-bond donors (Lipinski definition) is 1. The standard InChI is InChI=1S/C15H24N2O/c1-12(13-6-8-14(16)9-7-13)17(2)11-15-5-3-4-10-18-15/h6-9,12,15H,3-5,10-11,16H2,1-2H3. The molecule has 0 radical (unpaired) electrons. The molecule has 0 aliphatic carbocycles. The lowest BCUT2D eigenvalue weighted by atomic mass is 10.0. The van der Waals surface area contributed by atoms with Gasteiger partial charge >= 0.3 is 0 Å². The van der Waals surface area contributed by atoms with Crippen molar-refractivity contribution in [2.45, 2.75) is 38.3 Å². The molecule has 1 aliphatic rings. The van der Waals surface area contributed by atoms with E-state index in [-0.39, 0.29) is 0 Å². The van der Waals surface area contributed by atoms with E-state index in [4.69, 9.17) is 10.5 Å². The van der Waals surface area contributed by atoms with E-state index in [9.17, 15) is 0 Å². The van der Waals surface area contributed by atoms with Crippen LogP contribution in [0.15, 0.2) is 24.3 Å². The molecule has 0 spiro atoms. The zero-order chi connectivity index (χ0) is 13.0. The van der Waals surface area contributed by atoms with E-state index < -0.39 is 0 Å². The molecule has 100 valence electrons. The topological polar surface area (TPSA) is 38.5 Å². The van der Waals surface area contributed by atoms with Gasteiger partial charge < -0.3 is 10.5 Å². The maximum absolute atomic E-state index is 5.79. The summed E-state index contributed by atoms with van der Waals surface area (Å²) in [5.74, 6) is 0. The van der Waals surface area contributed by atoms with E-state index in [1.165, 1.54) is 24.8 Å². The summed E-state index contributed by atoms with van der Waals surface area (Å²) >= 11 is 0. The molecule has 0 amide bonds. The Bertz CT molecular complexity index is 357. The van der Waals surface area contributed by atoms with Gasteiger partial charge in [-0.25, -0.2) is 0 Å². The second kappa shape index (κ2) is 6.21. The molecule has 1 aromatic carbocycles. The van der Waals surface area contributed by atoms with Crippen LogP contribution in [0.25, 0.3) is 0 Å². The summed E-state index contributed by atoms with van der Waals surface area (Å²) < 4.78 is 5.79. The highest BCUT2D eigenvalue weighted by Gasteiger charge is 2.19. The lowest BCUT2D eigenvalue weighted by Crippen LogP contribution is -2.34. The Kier molecular flexibility index (Phi) is 4.61. The van der Waals surface area contributed by atoms with Crippen LogP contribution in [0.4, 0.5) is 5.69 Å². The van der Waals surface area contributed by atoms with Crippen molar-refractivity contribution in [3.05, 3.63) is 29.8 Å². The predicted octanol–water partition coefficient (Wildman–Crippen LogP) is 2.83. The first-order valence-electron chi connectivity index (χ1n) is 6.84. The largest absolute Gasteiger partial charge is 0.399 e. The smallest absolute Gasteiger partial charge is 0.0702 e. The Morgan fingerprint density at radius 2 is 2.06 bits per heavy atom. The maximum Gasteiger partial charge on any atom is 0.0702 e. The van der Waals surface area contributed by atoms with Gasteiger partial charge in [0.2, 0.25) is 0 Å². The molecule has 1 fully saturated rings. The van der Waals surface area contributed by atoms with Crippen molar-refractivity contribution < 1.29 is 4.74 Å². The van der Waals surface area contributed by atoms with Gasteiger partial charge in [-0.3, -0.25) is 4.90 Å². The van der Waals surface area contributed by atoms with Gasteiger partial charge in [-0.2, -0.15) is 0 Å².